The molecule has 0 N–H and O–H groups in total. The van der Waals surface area contributed by atoms with Gasteiger partial charge in [0, 0.05) is 21.6 Å². The largest absolute Gasteiger partial charge is 0.309 e. The van der Waals surface area contributed by atoms with Gasteiger partial charge in [-0.15, -0.1) is 0 Å². The summed E-state index contributed by atoms with van der Waals surface area (Å²) >= 11 is 0. The number of benzene rings is 6. The standard InChI is InChI=1S/C40H31N/c1-39(2)31-17-9-6-13-28(31)36-25-21-23-34-37(26(25)20-22-32(36)39)29-14-7-10-18-33(29)41(34)35-19-11-15-27-24-12-5-8-16-30(24)40(3,4)38(27)35/h5-23H,1-4H3. The summed E-state index contributed by atoms with van der Waals surface area (Å²) in [6, 6.07) is 43.3. The molecule has 0 amide bonds. The second-order valence-electron chi connectivity index (χ2n) is 12.9. The minimum Gasteiger partial charge on any atom is -0.309 e. The van der Waals surface area contributed by atoms with Crippen LogP contribution in [-0.2, 0) is 10.8 Å². The summed E-state index contributed by atoms with van der Waals surface area (Å²) in [5, 5.41) is 5.33. The summed E-state index contributed by atoms with van der Waals surface area (Å²) in [5.74, 6) is 0. The molecule has 0 radical (unpaired) electrons. The van der Waals surface area contributed by atoms with Crippen molar-refractivity contribution in [3.05, 3.63) is 138 Å². The van der Waals surface area contributed by atoms with Crippen molar-refractivity contribution in [3.63, 3.8) is 0 Å². The Morgan fingerprint density at radius 3 is 1.93 bits per heavy atom. The van der Waals surface area contributed by atoms with Gasteiger partial charge in [0.2, 0.25) is 0 Å². The highest BCUT2D eigenvalue weighted by Crippen LogP contribution is 2.54. The van der Waals surface area contributed by atoms with E-state index >= 15 is 0 Å². The van der Waals surface area contributed by atoms with Crippen LogP contribution in [0.1, 0.15) is 49.9 Å². The lowest BCUT2D eigenvalue weighted by molar-refractivity contribution is 0.656. The van der Waals surface area contributed by atoms with E-state index in [1.54, 1.807) is 0 Å². The Balaban J connectivity index is 1.41. The van der Waals surface area contributed by atoms with E-state index in [-0.39, 0.29) is 10.8 Å². The van der Waals surface area contributed by atoms with Gasteiger partial charge in [-0.25, -0.2) is 0 Å². The molecule has 1 nitrogen and oxygen atoms in total. The molecule has 1 heteroatoms. The van der Waals surface area contributed by atoms with Crippen molar-refractivity contribution in [2.75, 3.05) is 0 Å². The summed E-state index contributed by atoms with van der Waals surface area (Å²) in [4.78, 5) is 0. The fourth-order valence-electron chi connectivity index (χ4n) is 8.34. The van der Waals surface area contributed by atoms with E-state index in [9.17, 15) is 0 Å². The summed E-state index contributed by atoms with van der Waals surface area (Å²) in [5.41, 5.74) is 14.9. The van der Waals surface area contributed by atoms with Gasteiger partial charge in [0.25, 0.3) is 0 Å². The van der Waals surface area contributed by atoms with Crippen molar-refractivity contribution in [1.29, 1.82) is 0 Å². The van der Waals surface area contributed by atoms with E-state index < -0.39 is 0 Å². The van der Waals surface area contributed by atoms with E-state index in [2.05, 4.69) is 148 Å². The van der Waals surface area contributed by atoms with E-state index in [4.69, 9.17) is 0 Å². The maximum atomic E-state index is 2.53. The molecule has 2 aliphatic rings. The SMILES string of the molecule is CC1(C)c2ccccc2-c2c1ccc1c2ccc2c1c1ccccc1n2-c1cccc2c1C(C)(C)c1ccccc1-2. The molecule has 0 saturated heterocycles. The highest BCUT2D eigenvalue weighted by atomic mass is 15.0. The van der Waals surface area contributed by atoms with E-state index in [0.717, 1.165) is 0 Å². The van der Waals surface area contributed by atoms with Crippen LogP contribution in [0.25, 0.3) is 60.5 Å². The van der Waals surface area contributed by atoms with Crippen LogP contribution in [-0.4, -0.2) is 4.57 Å². The Hall–Kier alpha value is -4.62. The van der Waals surface area contributed by atoms with Crippen LogP contribution < -0.4 is 0 Å². The molecular weight excluding hydrogens is 494 g/mol. The van der Waals surface area contributed by atoms with Crippen molar-refractivity contribution in [2.45, 2.75) is 38.5 Å². The molecule has 0 atom stereocenters. The summed E-state index contributed by atoms with van der Waals surface area (Å²) in [6.45, 7) is 9.49. The van der Waals surface area contributed by atoms with Crippen LogP contribution in [0.4, 0.5) is 0 Å². The van der Waals surface area contributed by atoms with Gasteiger partial charge in [-0.1, -0.05) is 125 Å². The number of hydrogen-bond donors (Lipinski definition) is 0. The maximum Gasteiger partial charge on any atom is 0.0547 e. The molecule has 1 heterocycles. The molecule has 0 spiro atoms. The van der Waals surface area contributed by atoms with Crippen LogP contribution in [0.2, 0.25) is 0 Å². The van der Waals surface area contributed by atoms with Gasteiger partial charge in [0.05, 0.1) is 16.7 Å². The first kappa shape index (κ1) is 23.1. The minimum atomic E-state index is -0.0901. The molecule has 196 valence electrons. The fourth-order valence-corrected chi connectivity index (χ4v) is 8.34. The van der Waals surface area contributed by atoms with Gasteiger partial charge in [-0.3, -0.25) is 0 Å². The summed E-state index contributed by atoms with van der Waals surface area (Å²) in [7, 11) is 0. The first-order valence-corrected chi connectivity index (χ1v) is 14.7. The maximum absolute atomic E-state index is 2.53. The Morgan fingerprint density at radius 2 is 1.10 bits per heavy atom. The zero-order valence-electron chi connectivity index (χ0n) is 23.9. The molecule has 0 unspecified atom stereocenters. The Labute approximate surface area is 240 Å². The van der Waals surface area contributed by atoms with Crippen LogP contribution >= 0.6 is 0 Å². The smallest absolute Gasteiger partial charge is 0.0547 e. The molecule has 9 rings (SSSR count). The lowest BCUT2D eigenvalue weighted by Crippen LogP contribution is -2.18. The number of para-hydroxylation sites is 1. The first-order valence-electron chi connectivity index (χ1n) is 14.7. The molecule has 0 saturated carbocycles. The van der Waals surface area contributed by atoms with Crippen molar-refractivity contribution in [1.82, 2.24) is 4.57 Å². The third kappa shape index (κ3) is 2.72. The summed E-state index contributed by atoms with van der Waals surface area (Å²) in [6.07, 6.45) is 0. The average Bonchev–Trinajstić information content (AvgIpc) is 3.55. The van der Waals surface area contributed by atoms with E-state index in [1.165, 1.54) is 82.8 Å². The fraction of sp³-hybridized carbons (Fsp3) is 0.150. The van der Waals surface area contributed by atoms with Gasteiger partial charge in [-0.05, 0) is 73.5 Å². The van der Waals surface area contributed by atoms with Gasteiger partial charge < -0.3 is 4.57 Å². The Kier molecular flexibility index (Phi) is 4.26. The van der Waals surface area contributed by atoms with Crippen molar-refractivity contribution < 1.29 is 0 Å². The molecule has 41 heavy (non-hydrogen) atoms. The average molecular weight is 526 g/mol. The normalized spacial score (nSPS) is 15.7. The topological polar surface area (TPSA) is 4.93 Å². The third-order valence-electron chi connectivity index (χ3n) is 10.2. The van der Waals surface area contributed by atoms with Gasteiger partial charge in [-0.2, -0.15) is 0 Å². The number of fused-ring (bicyclic) bond motifs is 12. The molecule has 0 fully saturated rings. The second kappa shape index (κ2) is 7.56. The van der Waals surface area contributed by atoms with Crippen molar-refractivity contribution in [3.8, 4) is 27.9 Å². The number of nitrogens with zero attached hydrogens (tertiary/aromatic N) is 1. The van der Waals surface area contributed by atoms with Crippen molar-refractivity contribution >= 4 is 32.6 Å². The zero-order chi connectivity index (χ0) is 27.7. The number of hydrogen-bond acceptors (Lipinski definition) is 0. The highest BCUT2D eigenvalue weighted by molar-refractivity contribution is 6.24. The second-order valence-corrected chi connectivity index (χ2v) is 12.9. The van der Waals surface area contributed by atoms with E-state index in [0.29, 0.717) is 0 Å². The summed E-state index contributed by atoms with van der Waals surface area (Å²) < 4.78 is 2.53. The zero-order valence-corrected chi connectivity index (χ0v) is 23.9. The quantitative estimate of drug-likeness (QED) is 0.201. The molecule has 7 aromatic rings. The molecule has 2 aliphatic carbocycles. The van der Waals surface area contributed by atoms with Gasteiger partial charge in [0.1, 0.15) is 0 Å². The first-order chi connectivity index (χ1) is 19.9. The molecule has 0 aliphatic heterocycles. The Bertz CT molecular complexity index is 2260. The predicted molar refractivity (Wildman–Crippen MR) is 173 cm³/mol. The van der Waals surface area contributed by atoms with E-state index in [1.807, 2.05) is 0 Å². The third-order valence-corrected chi connectivity index (χ3v) is 10.2. The van der Waals surface area contributed by atoms with Crippen LogP contribution in [0, 0.1) is 0 Å². The lowest BCUT2D eigenvalue weighted by atomic mass is 9.81. The van der Waals surface area contributed by atoms with Crippen LogP contribution in [0.3, 0.4) is 0 Å². The van der Waals surface area contributed by atoms with Crippen molar-refractivity contribution in [2.24, 2.45) is 0 Å². The molecular formula is C40H31N. The van der Waals surface area contributed by atoms with Crippen LogP contribution in [0.15, 0.2) is 115 Å². The molecule has 6 aromatic carbocycles. The molecule has 0 bridgehead atoms. The number of rotatable bonds is 1. The highest BCUT2D eigenvalue weighted by Gasteiger charge is 2.39. The monoisotopic (exact) mass is 525 g/mol. The number of aromatic nitrogens is 1. The molecule has 1 aromatic heterocycles. The predicted octanol–water partition coefficient (Wildman–Crippen LogP) is 10.5. The van der Waals surface area contributed by atoms with Gasteiger partial charge in [0.15, 0.2) is 0 Å². The lowest BCUT2D eigenvalue weighted by Gasteiger charge is -2.25. The Morgan fingerprint density at radius 1 is 0.439 bits per heavy atom. The van der Waals surface area contributed by atoms with Crippen LogP contribution in [0.5, 0.6) is 0 Å². The minimum absolute atomic E-state index is 0.00570. The van der Waals surface area contributed by atoms with Gasteiger partial charge >= 0.3 is 0 Å².